The third-order valence-corrected chi connectivity index (χ3v) is 3.39. The number of pyridine rings is 1. The molecule has 0 aromatic carbocycles. The van der Waals surface area contributed by atoms with E-state index in [1.807, 2.05) is 6.92 Å². The molecule has 0 saturated heterocycles. The number of hydrogen-bond donors (Lipinski definition) is 2. The second-order valence-corrected chi connectivity index (χ2v) is 4.88. The minimum Gasteiger partial charge on any atom is -0.476 e. The van der Waals surface area contributed by atoms with Crippen LogP contribution in [0.5, 0.6) is 5.88 Å². The molecular formula is C14H18N6O2. The lowest BCUT2D eigenvalue weighted by molar-refractivity contribution is 0.251. The van der Waals surface area contributed by atoms with Crippen LogP contribution < -0.4 is 15.4 Å². The number of nitrogens with zero attached hydrogens (tertiary/aromatic N) is 4. The van der Waals surface area contributed by atoms with Gasteiger partial charge in [0.05, 0.1) is 13.2 Å². The molecule has 0 bridgehead atoms. The summed E-state index contributed by atoms with van der Waals surface area (Å²) in [5.41, 5.74) is 0.535. The Hall–Kier alpha value is -2.64. The first-order chi connectivity index (χ1) is 10.8. The van der Waals surface area contributed by atoms with Crippen LogP contribution in [0.2, 0.25) is 0 Å². The topological polar surface area (TPSA) is 94.0 Å². The lowest BCUT2D eigenvalue weighted by Crippen LogP contribution is -2.29. The van der Waals surface area contributed by atoms with Crippen LogP contribution in [0.3, 0.4) is 0 Å². The summed E-state index contributed by atoms with van der Waals surface area (Å²) in [6.45, 7) is 3.60. The summed E-state index contributed by atoms with van der Waals surface area (Å²) in [4.78, 5) is 16.1. The van der Waals surface area contributed by atoms with Gasteiger partial charge < -0.3 is 19.9 Å². The highest BCUT2D eigenvalue weighted by atomic mass is 16.5. The number of urea groups is 1. The number of fused-ring (bicyclic) bond motifs is 1. The molecule has 2 aromatic heterocycles. The largest absolute Gasteiger partial charge is 0.476 e. The zero-order valence-electron chi connectivity index (χ0n) is 12.4. The fourth-order valence-electron chi connectivity index (χ4n) is 2.41. The number of nitrogens with one attached hydrogen (secondary N) is 2. The average molecular weight is 302 g/mol. The fraction of sp³-hybridized carbons (Fsp3) is 0.429. The molecule has 2 aromatic rings. The first-order valence-corrected chi connectivity index (χ1v) is 7.31. The molecule has 3 rings (SSSR count). The molecule has 22 heavy (non-hydrogen) atoms. The summed E-state index contributed by atoms with van der Waals surface area (Å²) < 4.78 is 7.42. The molecule has 2 amide bonds. The number of amides is 2. The van der Waals surface area contributed by atoms with Gasteiger partial charge in [0.15, 0.2) is 5.82 Å². The Morgan fingerprint density at radius 1 is 1.45 bits per heavy atom. The van der Waals surface area contributed by atoms with Gasteiger partial charge in [-0.15, -0.1) is 10.2 Å². The number of carbonyl (C=O) groups is 1. The Bertz CT molecular complexity index is 669. The van der Waals surface area contributed by atoms with Crippen LogP contribution in [-0.4, -0.2) is 32.4 Å². The molecule has 116 valence electrons. The van der Waals surface area contributed by atoms with Crippen LogP contribution in [0.4, 0.5) is 10.5 Å². The van der Waals surface area contributed by atoms with Crippen molar-refractivity contribution in [2.75, 3.05) is 11.9 Å². The van der Waals surface area contributed by atoms with Crippen molar-refractivity contribution in [3.05, 3.63) is 30.0 Å². The number of ether oxygens (including phenoxy) is 1. The number of hydrogen-bond acceptors (Lipinski definition) is 5. The van der Waals surface area contributed by atoms with Crippen molar-refractivity contribution in [1.82, 2.24) is 25.1 Å². The number of aromatic nitrogens is 4. The third-order valence-electron chi connectivity index (χ3n) is 3.39. The highest BCUT2D eigenvalue weighted by Gasteiger charge is 2.17. The summed E-state index contributed by atoms with van der Waals surface area (Å²) in [6.07, 6.45) is 3.65. The van der Waals surface area contributed by atoms with Crippen LogP contribution in [0.1, 0.15) is 25.0 Å². The minimum absolute atomic E-state index is 0.329. The molecular weight excluding hydrogens is 284 g/mol. The lowest BCUT2D eigenvalue weighted by atomic mass is 10.4. The van der Waals surface area contributed by atoms with Gasteiger partial charge >= 0.3 is 6.03 Å². The molecule has 1 aliphatic rings. The van der Waals surface area contributed by atoms with Crippen molar-refractivity contribution >= 4 is 11.7 Å². The van der Waals surface area contributed by atoms with E-state index < -0.39 is 0 Å². The Kier molecular flexibility index (Phi) is 4.17. The van der Waals surface area contributed by atoms with Gasteiger partial charge in [-0.25, -0.2) is 9.78 Å². The molecule has 8 heteroatoms. The molecule has 0 saturated carbocycles. The predicted molar refractivity (Wildman–Crippen MR) is 79.6 cm³/mol. The predicted octanol–water partition coefficient (Wildman–Crippen LogP) is 1.34. The smallest absolute Gasteiger partial charge is 0.319 e. The van der Waals surface area contributed by atoms with Crippen LogP contribution in [-0.2, 0) is 19.5 Å². The molecule has 0 fully saturated rings. The molecule has 8 nitrogen and oxygen atoms in total. The van der Waals surface area contributed by atoms with E-state index in [2.05, 4.69) is 30.4 Å². The molecule has 0 aliphatic carbocycles. The van der Waals surface area contributed by atoms with Crippen molar-refractivity contribution < 1.29 is 9.53 Å². The average Bonchev–Trinajstić information content (AvgIpc) is 3.11. The van der Waals surface area contributed by atoms with Gasteiger partial charge in [-0.2, -0.15) is 0 Å². The minimum atomic E-state index is -0.329. The van der Waals surface area contributed by atoms with E-state index in [1.165, 1.54) is 0 Å². The Morgan fingerprint density at radius 2 is 2.36 bits per heavy atom. The van der Waals surface area contributed by atoms with Gasteiger partial charge in [-0.3, -0.25) is 0 Å². The summed E-state index contributed by atoms with van der Waals surface area (Å²) in [6, 6.07) is 3.15. The van der Waals surface area contributed by atoms with Crippen LogP contribution in [0.25, 0.3) is 0 Å². The number of carbonyl (C=O) groups excluding carboxylic acids is 1. The van der Waals surface area contributed by atoms with Gasteiger partial charge in [0.25, 0.3) is 0 Å². The molecule has 1 aliphatic heterocycles. The first-order valence-electron chi connectivity index (χ1n) is 7.31. The number of rotatable bonds is 5. The molecule has 3 heterocycles. The third kappa shape index (κ3) is 3.00. The van der Waals surface area contributed by atoms with Crippen molar-refractivity contribution in [2.45, 2.75) is 32.9 Å². The fourth-order valence-corrected chi connectivity index (χ4v) is 2.41. The Morgan fingerprint density at radius 3 is 3.23 bits per heavy atom. The van der Waals surface area contributed by atoms with Crippen molar-refractivity contribution in [3.63, 3.8) is 0 Å². The molecule has 0 radical (unpaired) electrons. The van der Waals surface area contributed by atoms with E-state index in [4.69, 9.17) is 4.74 Å². The molecule has 2 N–H and O–H groups in total. The van der Waals surface area contributed by atoms with Gasteiger partial charge in [0.2, 0.25) is 5.88 Å². The van der Waals surface area contributed by atoms with Crippen LogP contribution in [0, 0.1) is 0 Å². The number of aryl methyl sites for hydroxylation is 1. The molecule has 0 unspecified atom stereocenters. The van der Waals surface area contributed by atoms with E-state index in [0.717, 1.165) is 31.0 Å². The van der Waals surface area contributed by atoms with Crippen molar-refractivity contribution in [3.8, 4) is 5.88 Å². The van der Waals surface area contributed by atoms with Gasteiger partial charge in [-0.05, 0) is 25.5 Å². The number of anilines is 1. The van der Waals surface area contributed by atoms with Crippen molar-refractivity contribution in [2.24, 2.45) is 0 Å². The second kappa shape index (κ2) is 6.42. The monoisotopic (exact) mass is 302 g/mol. The quantitative estimate of drug-likeness (QED) is 0.869. The Labute approximate surface area is 127 Å². The molecule has 0 atom stereocenters. The van der Waals surface area contributed by atoms with Crippen LogP contribution in [0.15, 0.2) is 18.3 Å². The standard InChI is InChI=1S/C14H18N6O2/c1-2-22-13-10(5-3-7-15-13)17-14(21)16-9-12-19-18-11-6-4-8-20(11)12/h3,5,7H,2,4,6,8-9H2,1H3,(H2,16,17,21). The summed E-state index contributed by atoms with van der Waals surface area (Å²) in [7, 11) is 0. The van der Waals surface area contributed by atoms with E-state index >= 15 is 0 Å². The summed E-state index contributed by atoms with van der Waals surface area (Å²) in [5.74, 6) is 2.17. The summed E-state index contributed by atoms with van der Waals surface area (Å²) in [5, 5.41) is 13.7. The van der Waals surface area contributed by atoms with E-state index in [9.17, 15) is 4.79 Å². The Balaban J connectivity index is 1.59. The van der Waals surface area contributed by atoms with E-state index in [1.54, 1.807) is 18.3 Å². The van der Waals surface area contributed by atoms with Gasteiger partial charge in [0, 0.05) is 19.2 Å². The normalized spacial score (nSPS) is 12.8. The first kappa shape index (κ1) is 14.3. The lowest BCUT2D eigenvalue weighted by Gasteiger charge is -2.11. The highest BCUT2D eigenvalue weighted by molar-refractivity contribution is 5.90. The van der Waals surface area contributed by atoms with Crippen LogP contribution >= 0.6 is 0 Å². The van der Waals surface area contributed by atoms with Gasteiger partial charge in [-0.1, -0.05) is 0 Å². The zero-order valence-corrected chi connectivity index (χ0v) is 12.4. The van der Waals surface area contributed by atoms with E-state index in [-0.39, 0.29) is 6.03 Å². The maximum absolute atomic E-state index is 12.0. The summed E-state index contributed by atoms with van der Waals surface area (Å²) >= 11 is 0. The second-order valence-electron chi connectivity index (χ2n) is 4.88. The van der Waals surface area contributed by atoms with E-state index in [0.29, 0.717) is 24.7 Å². The zero-order chi connectivity index (χ0) is 15.4. The maximum Gasteiger partial charge on any atom is 0.319 e. The highest BCUT2D eigenvalue weighted by Crippen LogP contribution is 2.20. The SMILES string of the molecule is CCOc1ncccc1NC(=O)NCc1nnc2n1CCC2. The van der Waals surface area contributed by atoms with Crippen molar-refractivity contribution in [1.29, 1.82) is 0 Å². The molecule has 0 spiro atoms. The maximum atomic E-state index is 12.0. The van der Waals surface area contributed by atoms with Gasteiger partial charge in [0.1, 0.15) is 11.5 Å².